The first kappa shape index (κ1) is 20.4. The van der Waals surface area contributed by atoms with E-state index in [1.807, 2.05) is 0 Å². The fraction of sp³-hybridized carbons (Fsp3) is 0.500. The average Bonchev–Trinajstić information content (AvgIpc) is 2.69. The van der Waals surface area contributed by atoms with Crippen LogP contribution in [-0.2, 0) is 19.7 Å². The number of ether oxygens (including phenoxy) is 1. The molecule has 2 aliphatic heterocycles. The van der Waals surface area contributed by atoms with Crippen LogP contribution in [0.5, 0.6) is 0 Å². The van der Waals surface area contributed by atoms with Crippen molar-refractivity contribution in [2.24, 2.45) is 0 Å². The van der Waals surface area contributed by atoms with Crippen LogP contribution in [0, 0.1) is 0 Å². The molecule has 0 aliphatic carbocycles. The summed E-state index contributed by atoms with van der Waals surface area (Å²) in [5.74, 6) is -1.74. The predicted molar refractivity (Wildman–Crippen MR) is 92.6 cm³/mol. The van der Waals surface area contributed by atoms with Crippen LogP contribution in [0.3, 0.4) is 0 Å². The smallest absolute Gasteiger partial charge is 0.333 e. The molecule has 10 nitrogen and oxygen atoms in total. The fourth-order valence-electron chi connectivity index (χ4n) is 3.68. The number of rotatable bonds is 4. The minimum atomic E-state index is -1.84. The Morgan fingerprint density at radius 2 is 1.71 bits per heavy atom. The highest BCUT2D eigenvalue weighted by Crippen LogP contribution is 2.36. The summed E-state index contributed by atoms with van der Waals surface area (Å²) in [5, 5.41) is 41.7. The van der Waals surface area contributed by atoms with Gasteiger partial charge >= 0.3 is 6.03 Å². The summed E-state index contributed by atoms with van der Waals surface area (Å²) in [7, 11) is 0. The number of nitrogens with one attached hydrogen (secondary N) is 1. The Labute approximate surface area is 160 Å². The van der Waals surface area contributed by atoms with Crippen molar-refractivity contribution in [3.8, 4) is 0 Å². The van der Waals surface area contributed by atoms with Crippen LogP contribution in [-0.4, -0.2) is 80.4 Å². The quantitative estimate of drug-likeness (QED) is 0.375. The maximum absolute atomic E-state index is 13.4. The zero-order chi connectivity index (χ0) is 20.6. The lowest BCUT2D eigenvalue weighted by molar-refractivity contribution is -0.256. The molecule has 0 aromatic heterocycles. The topological polar surface area (TPSA) is 157 Å². The van der Waals surface area contributed by atoms with Crippen molar-refractivity contribution >= 4 is 17.8 Å². The van der Waals surface area contributed by atoms with E-state index in [9.17, 15) is 34.8 Å². The van der Waals surface area contributed by atoms with Crippen LogP contribution in [0.25, 0.3) is 0 Å². The molecule has 2 aliphatic rings. The molecule has 28 heavy (non-hydrogen) atoms. The van der Waals surface area contributed by atoms with Crippen LogP contribution in [0.1, 0.15) is 18.9 Å². The average molecular weight is 394 g/mol. The number of hydrogen-bond acceptors (Lipinski definition) is 8. The van der Waals surface area contributed by atoms with Gasteiger partial charge in [0.2, 0.25) is 5.91 Å². The summed E-state index contributed by atoms with van der Waals surface area (Å²) in [5.41, 5.74) is -1.39. The molecule has 2 saturated heterocycles. The Morgan fingerprint density at radius 3 is 2.29 bits per heavy atom. The van der Waals surface area contributed by atoms with Crippen molar-refractivity contribution in [2.45, 2.75) is 49.4 Å². The van der Waals surface area contributed by atoms with Crippen molar-refractivity contribution in [1.82, 2.24) is 10.2 Å². The number of imide groups is 2. The van der Waals surface area contributed by atoms with Crippen molar-refractivity contribution < 1.29 is 39.5 Å². The second-order valence-corrected chi connectivity index (χ2v) is 6.78. The molecule has 0 saturated carbocycles. The molecule has 3 rings (SSSR count). The van der Waals surface area contributed by atoms with Gasteiger partial charge in [0.05, 0.1) is 6.61 Å². The predicted octanol–water partition coefficient (Wildman–Crippen LogP) is -1.79. The zero-order valence-corrected chi connectivity index (χ0v) is 15.1. The van der Waals surface area contributed by atoms with Gasteiger partial charge in [0, 0.05) is 0 Å². The Balaban J connectivity index is 2.05. The standard InChI is InChI=1S/C18H22N2O8/c1-2-18(9-6-4-3-5-7-9)15(25)19-17(27)20(16(18)26)14-13(24)12(23)11(22)10(8-21)28-14/h3-7,10-14,21-24H,2,8H2,1H3,(H,19,25,27)/t10-,11-,12+,13-,14-,18-/m1/s1. The molecule has 5 N–H and O–H groups in total. The van der Waals surface area contributed by atoms with Crippen LogP contribution in [0.15, 0.2) is 30.3 Å². The monoisotopic (exact) mass is 394 g/mol. The molecule has 1 aromatic rings. The highest BCUT2D eigenvalue weighted by Gasteiger charge is 2.58. The van der Waals surface area contributed by atoms with Gasteiger partial charge in [-0.1, -0.05) is 37.3 Å². The number of barbiturate groups is 1. The van der Waals surface area contributed by atoms with Gasteiger partial charge in [0.15, 0.2) is 11.6 Å². The van der Waals surface area contributed by atoms with Crippen molar-refractivity contribution in [3.63, 3.8) is 0 Å². The largest absolute Gasteiger partial charge is 0.394 e. The van der Waals surface area contributed by atoms with E-state index in [1.165, 1.54) is 0 Å². The van der Waals surface area contributed by atoms with Crippen LogP contribution >= 0.6 is 0 Å². The van der Waals surface area contributed by atoms with Gasteiger partial charge in [-0.25, -0.2) is 9.69 Å². The molecule has 152 valence electrons. The SMILES string of the molecule is CC[C@@]1(c2ccccc2)C(=O)NC(=O)N([C@@H]2O[C@H](CO)[C@@H](O)[C@H](O)[C@H]2O)C1=O. The second-order valence-electron chi connectivity index (χ2n) is 6.78. The van der Waals surface area contributed by atoms with Crippen molar-refractivity contribution in [3.05, 3.63) is 35.9 Å². The molecule has 6 atom stereocenters. The van der Waals surface area contributed by atoms with Gasteiger partial charge in [-0.05, 0) is 12.0 Å². The Kier molecular flexibility index (Phi) is 5.50. The Morgan fingerprint density at radius 1 is 1.07 bits per heavy atom. The van der Waals surface area contributed by atoms with E-state index in [-0.39, 0.29) is 6.42 Å². The number of aliphatic hydroxyl groups is 4. The van der Waals surface area contributed by atoms with E-state index >= 15 is 0 Å². The summed E-state index contributed by atoms with van der Waals surface area (Å²) >= 11 is 0. The number of urea groups is 1. The minimum absolute atomic E-state index is 0.0167. The molecule has 2 fully saturated rings. The summed E-state index contributed by atoms with van der Waals surface area (Å²) < 4.78 is 5.34. The Bertz CT molecular complexity index is 770. The molecular formula is C18H22N2O8. The molecule has 0 bridgehead atoms. The lowest BCUT2D eigenvalue weighted by Gasteiger charge is -2.47. The lowest BCUT2D eigenvalue weighted by Crippen LogP contribution is -2.73. The van der Waals surface area contributed by atoms with Crippen molar-refractivity contribution in [2.75, 3.05) is 6.61 Å². The number of amides is 4. The first-order valence-electron chi connectivity index (χ1n) is 8.84. The molecule has 4 amide bonds. The van der Waals surface area contributed by atoms with Crippen LogP contribution in [0.4, 0.5) is 4.79 Å². The van der Waals surface area contributed by atoms with Gasteiger partial charge < -0.3 is 25.2 Å². The molecule has 10 heteroatoms. The normalized spacial score (nSPS) is 36.4. The first-order valence-corrected chi connectivity index (χ1v) is 8.84. The van der Waals surface area contributed by atoms with Gasteiger partial charge in [-0.2, -0.15) is 0 Å². The highest BCUT2D eigenvalue weighted by molar-refractivity contribution is 6.23. The van der Waals surface area contributed by atoms with E-state index in [1.54, 1.807) is 37.3 Å². The van der Waals surface area contributed by atoms with Gasteiger partial charge in [0.25, 0.3) is 5.91 Å². The maximum atomic E-state index is 13.4. The Hall–Kier alpha value is -2.37. The summed E-state index contributed by atoms with van der Waals surface area (Å²) in [6.07, 6.45) is -8.26. The summed E-state index contributed by atoms with van der Waals surface area (Å²) in [6, 6.07) is 7.01. The number of benzene rings is 1. The zero-order valence-electron chi connectivity index (χ0n) is 15.1. The first-order chi connectivity index (χ1) is 13.3. The number of carbonyl (C=O) groups excluding carboxylic acids is 3. The van der Waals surface area contributed by atoms with Crippen LogP contribution in [0.2, 0.25) is 0 Å². The van der Waals surface area contributed by atoms with Gasteiger partial charge in [-0.15, -0.1) is 0 Å². The molecule has 0 spiro atoms. The van der Waals surface area contributed by atoms with E-state index in [4.69, 9.17) is 4.74 Å². The molecule has 1 aromatic carbocycles. The molecule has 0 radical (unpaired) electrons. The fourth-order valence-corrected chi connectivity index (χ4v) is 3.68. The molecular weight excluding hydrogens is 372 g/mol. The minimum Gasteiger partial charge on any atom is -0.394 e. The maximum Gasteiger partial charge on any atom is 0.333 e. The highest BCUT2D eigenvalue weighted by atomic mass is 16.6. The van der Waals surface area contributed by atoms with E-state index < -0.39 is 60.5 Å². The van der Waals surface area contributed by atoms with E-state index in [2.05, 4.69) is 5.32 Å². The number of nitrogens with zero attached hydrogens (tertiary/aromatic N) is 1. The number of aliphatic hydroxyl groups excluding tert-OH is 4. The number of carbonyl (C=O) groups is 3. The van der Waals surface area contributed by atoms with Crippen LogP contribution < -0.4 is 5.32 Å². The van der Waals surface area contributed by atoms with Gasteiger partial charge in [-0.3, -0.25) is 14.9 Å². The van der Waals surface area contributed by atoms with E-state index in [0.29, 0.717) is 10.5 Å². The van der Waals surface area contributed by atoms with E-state index in [0.717, 1.165) is 0 Å². The third kappa shape index (κ3) is 2.90. The molecule has 0 unspecified atom stereocenters. The second kappa shape index (κ2) is 7.57. The van der Waals surface area contributed by atoms with Crippen molar-refractivity contribution in [1.29, 1.82) is 0 Å². The summed E-state index contributed by atoms with van der Waals surface area (Å²) in [4.78, 5) is 39.1. The molecule has 2 heterocycles. The third-order valence-corrected chi connectivity index (χ3v) is 5.33. The third-order valence-electron chi connectivity index (χ3n) is 5.33. The van der Waals surface area contributed by atoms with Gasteiger partial charge in [0.1, 0.15) is 24.4 Å². The lowest BCUT2D eigenvalue weighted by atomic mass is 9.74. The number of hydrogen-bond donors (Lipinski definition) is 5. The summed E-state index contributed by atoms with van der Waals surface area (Å²) in [6.45, 7) is 0.882.